The molecule has 1 atom stereocenters. The summed E-state index contributed by atoms with van der Waals surface area (Å²) in [6.45, 7) is 7.94. The molecular weight excluding hydrogens is 198 g/mol. The van der Waals surface area contributed by atoms with Gasteiger partial charge in [-0.2, -0.15) is 11.8 Å². The maximum Gasteiger partial charge on any atom is 0.246 e. The summed E-state index contributed by atoms with van der Waals surface area (Å²) in [5.74, 6) is 0.892. The van der Waals surface area contributed by atoms with Crippen molar-refractivity contribution in [2.24, 2.45) is 0 Å². The number of rotatable bonds is 5. The van der Waals surface area contributed by atoms with Crippen LogP contribution in [0.1, 0.15) is 27.7 Å². The van der Waals surface area contributed by atoms with E-state index in [-0.39, 0.29) is 24.2 Å². The fraction of sp³-hybridized carbons (Fsp3) is 0.900. The fourth-order valence-corrected chi connectivity index (χ4v) is 1.47. The van der Waals surface area contributed by atoms with Crippen LogP contribution in [-0.2, 0) is 9.53 Å². The maximum absolute atomic E-state index is 11.3. The monoisotopic (exact) mass is 219 g/mol. The van der Waals surface area contributed by atoms with Crippen LogP contribution >= 0.6 is 11.8 Å². The molecule has 0 aromatic heterocycles. The molecule has 0 radical (unpaired) electrons. The molecule has 1 unspecified atom stereocenters. The topological polar surface area (TPSA) is 38.3 Å². The Balaban J connectivity index is 3.65. The number of carbonyl (C=O) groups is 1. The first-order valence-electron chi connectivity index (χ1n) is 4.77. The van der Waals surface area contributed by atoms with Crippen LogP contribution in [0.2, 0.25) is 0 Å². The predicted octanol–water partition coefficient (Wildman–Crippen LogP) is 1.67. The van der Waals surface area contributed by atoms with Gasteiger partial charge in [0.2, 0.25) is 5.91 Å². The smallest absolute Gasteiger partial charge is 0.246 e. The van der Waals surface area contributed by atoms with Crippen LogP contribution in [0.15, 0.2) is 0 Å². The van der Waals surface area contributed by atoms with E-state index in [0.717, 1.165) is 5.75 Å². The van der Waals surface area contributed by atoms with Gasteiger partial charge in [-0.1, -0.05) is 0 Å². The number of hydrogen-bond donors (Lipinski definition) is 1. The van der Waals surface area contributed by atoms with Crippen LogP contribution in [0.25, 0.3) is 0 Å². The molecule has 0 heterocycles. The Morgan fingerprint density at radius 1 is 1.50 bits per heavy atom. The number of carbonyl (C=O) groups excluding carboxylic acids is 1. The molecule has 0 saturated carbocycles. The second-order valence-electron chi connectivity index (χ2n) is 4.32. The summed E-state index contributed by atoms with van der Waals surface area (Å²) < 4.78 is 5.35. The molecule has 0 aliphatic rings. The van der Waals surface area contributed by atoms with E-state index < -0.39 is 0 Å². The first-order chi connectivity index (χ1) is 6.35. The van der Waals surface area contributed by atoms with Gasteiger partial charge in [-0.15, -0.1) is 0 Å². The zero-order valence-electron chi connectivity index (χ0n) is 9.72. The Kier molecular flexibility index (Phi) is 6.20. The quantitative estimate of drug-likeness (QED) is 0.764. The van der Waals surface area contributed by atoms with E-state index in [1.807, 2.05) is 34.0 Å². The van der Waals surface area contributed by atoms with E-state index in [9.17, 15) is 4.79 Å². The normalized spacial score (nSPS) is 13.8. The van der Waals surface area contributed by atoms with Crippen molar-refractivity contribution in [2.45, 2.75) is 39.3 Å². The molecule has 0 bridgehead atoms. The zero-order valence-corrected chi connectivity index (χ0v) is 10.5. The summed E-state index contributed by atoms with van der Waals surface area (Å²) in [5.41, 5.74) is -0.250. The molecule has 4 heteroatoms. The van der Waals surface area contributed by atoms with Gasteiger partial charge in [0.25, 0.3) is 0 Å². The average molecular weight is 219 g/mol. The van der Waals surface area contributed by atoms with Gasteiger partial charge >= 0.3 is 0 Å². The molecule has 0 aliphatic heterocycles. The highest BCUT2D eigenvalue weighted by atomic mass is 32.2. The molecule has 0 rings (SSSR count). The van der Waals surface area contributed by atoms with Gasteiger partial charge in [-0.3, -0.25) is 4.79 Å². The van der Waals surface area contributed by atoms with Gasteiger partial charge in [0.05, 0.1) is 5.60 Å². The van der Waals surface area contributed by atoms with E-state index >= 15 is 0 Å². The largest absolute Gasteiger partial charge is 0.366 e. The van der Waals surface area contributed by atoms with E-state index in [1.54, 1.807) is 11.8 Å². The summed E-state index contributed by atoms with van der Waals surface area (Å²) in [6, 6.07) is 0.209. The highest BCUT2D eigenvalue weighted by Crippen LogP contribution is 2.05. The van der Waals surface area contributed by atoms with Gasteiger partial charge in [-0.05, 0) is 34.0 Å². The van der Waals surface area contributed by atoms with Crippen molar-refractivity contribution >= 4 is 17.7 Å². The van der Waals surface area contributed by atoms with Gasteiger partial charge in [0, 0.05) is 11.8 Å². The summed E-state index contributed by atoms with van der Waals surface area (Å²) in [4.78, 5) is 11.3. The highest BCUT2D eigenvalue weighted by Gasteiger charge is 2.13. The Morgan fingerprint density at radius 3 is 2.50 bits per heavy atom. The molecule has 3 nitrogen and oxygen atoms in total. The lowest BCUT2D eigenvalue weighted by atomic mass is 10.2. The third kappa shape index (κ3) is 8.38. The zero-order chi connectivity index (χ0) is 11.2. The predicted molar refractivity (Wildman–Crippen MR) is 61.7 cm³/mol. The van der Waals surface area contributed by atoms with Gasteiger partial charge in [-0.25, -0.2) is 0 Å². The molecule has 0 fully saturated rings. The third-order valence-corrected chi connectivity index (χ3v) is 2.29. The highest BCUT2D eigenvalue weighted by molar-refractivity contribution is 7.98. The molecule has 1 N–H and O–H groups in total. The lowest BCUT2D eigenvalue weighted by molar-refractivity contribution is -0.131. The number of hydrogen-bond acceptors (Lipinski definition) is 3. The maximum atomic E-state index is 11.3. The molecular formula is C10H21NO2S. The van der Waals surface area contributed by atoms with Gasteiger partial charge in [0.15, 0.2) is 0 Å². The van der Waals surface area contributed by atoms with Crippen LogP contribution in [0.3, 0.4) is 0 Å². The van der Waals surface area contributed by atoms with Crippen molar-refractivity contribution in [3.8, 4) is 0 Å². The molecule has 0 saturated heterocycles. The Hall–Kier alpha value is -0.220. The van der Waals surface area contributed by atoms with E-state index in [1.165, 1.54) is 0 Å². The van der Waals surface area contributed by atoms with Gasteiger partial charge in [0.1, 0.15) is 6.61 Å². The van der Waals surface area contributed by atoms with Crippen molar-refractivity contribution in [3.05, 3.63) is 0 Å². The summed E-state index contributed by atoms with van der Waals surface area (Å²) >= 11 is 1.72. The molecule has 0 aromatic rings. The van der Waals surface area contributed by atoms with Crippen LogP contribution in [0.4, 0.5) is 0 Å². The van der Waals surface area contributed by atoms with Crippen molar-refractivity contribution < 1.29 is 9.53 Å². The lowest BCUT2D eigenvalue weighted by Crippen LogP contribution is -2.38. The van der Waals surface area contributed by atoms with E-state index in [4.69, 9.17) is 4.74 Å². The Bertz CT molecular complexity index is 177. The molecule has 84 valence electrons. The van der Waals surface area contributed by atoms with Crippen molar-refractivity contribution in [1.29, 1.82) is 0 Å². The molecule has 0 aliphatic carbocycles. The second kappa shape index (κ2) is 6.30. The minimum Gasteiger partial charge on any atom is -0.366 e. The van der Waals surface area contributed by atoms with Crippen LogP contribution in [0, 0.1) is 0 Å². The average Bonchev–Trinajstić information content (AvgIpc) is 2.00. The lowest BCUT2D eigenvalue weighted by Gasteiger charge is -2.20. The first kappa shape index (κ1) is 13.8. The summed E-state index contributed by atoms with van der Waals surface area (Å²) in [7, 11) is 0. The third-order valence-electron chi connectivity index (χ3n) is 1.46. The van der Waals surface area contributed by atoms with Crippen LogP contribution in [-0.4, -0.2) is 36.2 Å². The first-order valence-corrected chi connectivity index (χ1v) is 6.17. The van der Waals surface area contributed by atoms with Crippen molar-refractivity contribution in [3.63, 3.8) is 0 Å². The molecule has 14 heavy (non-hydrogen) atoms. The van der Waals surface area contributed by atoms with E-state index in [0.29, 0.717) is 0 Å². The molecule has 0 aromatic carbocycles. The number of amides is 1. The number of nitrogens with one attached hydrogen (secondary N) is 1. The SMILES string of the molecule is CSCC(C)NC(=O)COC(C)(C)C. The minimum absolute atomic E-state index is 0.0403. The van der Waals surface area contributed by atoms with Crippen LogP contribution in [0.5, 0.6) is 0 Å². The summed E-state index contributed by atoms with van der Waals surface area (Å²) in [5, 5.41) is 2.87. The fourth-order valence-electron chi connectivity index (χ4n) is 0.890. The van der Waals surface area contributed by atoms with Gasteiger partial charge < -0.3 is 10.1 Å². The molecule has 0 spiro atoms. The van der Waals surface area contributed by atoms with E-state index in [2.05, 4.69) is 5.32 Å². The number of ether oxygens (including phenoxy) is 1. The standard InChI is InChI=1S/C10H21NO2S/c1-8(7-14-5)11-9(12)6-13-10(2,3)4/h8H,6-7H2,1-5H3,(H,11,12). The number of thioether (sulfide) groups is 1. The minimum atomic E-state index is -0.250. The Morgan fingerprint density at radius 2 is 2.07 bits per heavy atom. The second-order valence-corrected chi connectivity index (χ2v) is 5.24. The summed E-state index contributed by atoms with van der Waals surface area (Å²) in [6.07, 6.45) is 2.02. The van der Waals surface area contributed by atoms with Crippen molar-refractivity contribution in [1.82, 2.24) is 5.32 Å². The van der Waals surface area contributed by atoms with Crippen LogP contribution < -0.4 is 5.32 Å². The molecule has 1 amide bonds. The Labute approximate surface area is 91.0 Å². The van der Waals surface area contributed by atoms with Crippen molar-refractivity contribution in [2.75, 3.05) is 18.6 Å².